The van der Waals surface area contributed by atoms with Crippen LogP contribution >= 0.6 is 0 Å². The summed E-state index contributed by atoms with van der Waals surface area (Å²) in [6.45, 7) is 3.69. The van der Waals surface area contributed by atoms with E-state index in [1.54, 1.807) is 30.5 Å². The fourth-order valence-corrected chi connectivity index (χ4v) is 3.59. The molecule has 0 atom stereocenters. The Labute approximate surface area is 164 Å². The first-order valence-electron chi connectivity index (χ1n) is 9.72. The molecule has 2 N–H and O–H groups in total. The second-order valence-electron chi connectivity index (χ2n) is 7.68. The molecule has 0 saturated carbocycles. The van der Waals surface area contributed by atoms with Gasteiger partial charge < -0.3 is 15.1 Å². The first-order valence-corrected chi connectivity index (χ1v) is 9.72. The summed E-state index contributed by atoms with van der Waals surface area (Å²) in [5.74, 6) is -0.206. The van der Waals surface area contributed by atoms with Gasteiger partial charge in [-0.1, -0.05) is 13.8 Å². The van der Waals surface area contributed by atoms with Gasteiger partial charge in [-0.25, -0.2) is 0 Å². The molecule has 5 heteroatoms. The number of benzene rings is 2. The zero-order valence-corrected chi connectivity index (χ0v) is 16.2. The Bertz CT molecular complexity index is 1030. The highest BCUT2D eigenvalue weighted by Gasteiger charge is 2.17. The molecule has 0 radical (unpaired) electrons. The van der Waals surface area contributed by atoms with Crippen LogP contribution in [0.25, 0.3) is 11.0 Å². The van der Waals surface area contributed by atoms with Crippen LogP contribution in [0.15, 0.2) is 47.1 Å². The van der Waals surface area contributed by atoms with Gasteiger partial charge in [-0.05, 0) is 66.8 Å². The topological polar surface area (TPSA) is 71.3 Å². The lowest BCUT2D eigenvalue weighted by atomic mass is 10.0. The van der Waals surface area contributed by atoms with Crippen molar-refractivity contribution >= 4 is 34.2 Å². The number of carbonyl (C=O) groups excluding carboxylic acids is 2. The number of amides is 2. The van der Waals surface area contributed by atoms with Crippen LogP contribution in [0.1, 0.15) is 37.0 Å². The van der Waals surface area contributed by atoms with Crippen LogP contribution in [0.4, 0.5) is 11.4 Å². The molecule has 1 heterocycles. The van der Waals surface area contributed by atoms with Crippen molar-refractivity contribution in [2.24, 2.45) is 5.92 Å². The lowest BCUT2D eigenvalue weighted by molar-refractivity contribution is -0.119. The molecule has 0 fully saturated rings. The third kappa shape index (κ3) is 3.79. The van der Waals surface area contributed by atoms with E-state index in [4.69, 9.17) is 4.42 Å². The number of rotatable bonds is 5. The van der Waals surface area contributed by atoms with Crippen LogP contribution < -0.4 is 10.6 Å². The van der Waals surface area contributed by atoms with E-state index in [0.29, 0.717) is 11.4 Å². The van der Waals surface area contributed by atoms with Crippen LogP contribution in [0.2, 0.25) is 0 Å². The molecule has 2 aromatic carbocycles. The lowest BCUT2D eigenvalue weighted by Gasteiger charge is -2.09. The molecule has 1 aliphatic rings. The van der Waals surface area contributed by atoms with E-state index < -0.39 is 0 Å². The van der Waals surface area contributed by atoms with Crippen LogP contribution in [0, 0.1) is 5.92 Å². The van der Waals surface area contributed by atoms with E-state index in [2.05, 4.69) is 22.8 Å². The molecule has 0 bridgehead atoms. The van der Waals surface area contributed by atoms with Crippen molar-refractivity contribution in [3.63, 3.8) is 0 Å². The molecule has 28 heavy (non-hydrogen) atoms. The Morgan fingerprint density at radius 2 is 1.64 bits per heavy atom. The van der Waals surface area contributed by atoms with E-state index in [9.17, 15) is 9.59 Å². The molecular formula is C23H24N2O3. The second kappa shape index (κ2) is 7.50. The van der Waals surface area contributed by atoms with Gasteiger partial charge in [0.05, 0.1) is 12.7 Å². The maximum absolute atomic E-state index is 12.5. The van der Waals surface area contributed by atoms with Crippen LogP contribution in [0.5, 0.6) is 0 Å². The standard InChI is InChI=1S/C23H24N2O3/c1-14(2)23(27)25-19-8-6-18(7-9-19)24-22(26)12-17-13-28-21-11-16-5-3-4-15(16)10-20(17)21/h6-11,13-14H,3-5,12H2,1-2H3,(H,24,26)(H,25,27). The number of anilines is 2. The van der Waals surface area contributed by atoms with Crippen LogP contribution in [0.3, 0.4) is 0 Å². The zero-order chi connectivity index (χ0) is 19.7. The highest BCUT2D eigenvalue weighted by Crippen LogP contribution is 2.30. The Balaban J connectivity index is 1.42. The predicted molar refractivity (Wildman–Crippen MR) is 110 cm³/mol. The van der Waals surface area contributed by atoms with E-state index in [1.807, 2.05) is 13.8 Å². The third-order valence-corrected chi connectivity index (χ3v) is 5.18. The van der Waals surface area contributed by atoms with Crippen molar-refractivity contribution < 1.29 is 14.0 Å². The first kappa shape index (κ1) is 18.3. The van der Waals surface area contributed by atoms with E-state index in [-0.39, 0.29) is 24.2 Å². The van der Waals surface area contributed by atoms with Crippen molar-refractivity contribution in [1.29, 1.82) is 0 Å². The van der Waals surface area contributed by atoms with Crippen molar-refractivity contribution in [3.8, 4) is 0 Å². The normalized spacial score (nSPS) is 13.0. The summed E-state index contributed by atoms with van der Waals surface area (Å²) in [5, 5.41) is 6.77. The predicted octanol–water partition coefficient (Wildman–Crippen LogP) is 4.70. The highest BCUT2D eigenvalue weighted by molar-refractivity contribution is 5.96. The summed E-state index contributed by atoms with van der Waals surface area (Å²) >= 11 is 0. The number of hydrogen-bond acceptors (Lipinski definition) is 3. The molecule has 1 aromatic heterocycles. The molecule has 0 aliphatic heterocycles. The largest absolute Gasteiger partial charge is 0.464 e. The molecule has 144 valence electrons. The van der Waals surface area contributed by atoms with Crippen molar-refractivity contribution in [3.05, 3.63) is 59.4 Å². The summed E-state index contributed by atoms with van der Waals surface area (Å²) in [5.41, 5.74) is 5.90. The van der Waals surface area contributed by atoms with Crippen molar-refractivity contribution in [1.82, 2.24) is 0 Å². The quantitative estimate of drug-likeness (QED) is 0.678. The van der Waals surface area contributed by atoms with E-state index in [1.165, 1.54) is 17.5 Å². The van der Waals surface area contributed by atoms with Gasteiger partial charge >= 0.3 is 0 Å². The van der Waals surface area contributed by atoms with Gasteiger partial charge in [-0.15, -0.1) is 0 Å². The fourth-order valence-electron chi connectivity index (χ4n) is 3.59. The van der Waals surface area contributed by atoms with Crippen molar-refractivity contribution in [2.45, 2.75) is 39.5 Å². The Morgan fingerprint density at radius 1 is 1.00 bits per heavy atom. The Morgan fingerprint density at radius 3 is 2.32 bits per heavy atom. The number of hydrogen-bond donors (Lipinski definition) is 2. The minimum Gasteiger partial charge on any atom is -0.464 e. The lowest BCUT2D eigenvalue weighted by Crippen LogP contribution is -2.18. The van der Waals surface area contributed by atoms with Gasteiger partial charge in [0.15, 0.2) is 0 Å². The number of fused-ring (bicyclic) bond motifs is 2. The molecule has 4 rings (SSSR count). The average molecular weight is 376 g/mol. The summed E-state index contributed by atoms with van der Waals surface area (Å²) in [6.07, 6.45) is 5.34. The van der Waals surface area contributed by atoms with Crippen LogP contribution in [-0.4, -0.2) is 11.8 Å². The molecule has 5 nitrogen and oxygen atoms in total. The van der Waals surface area contributed by atoms with Crippen LogP contribution in [-0.2, 0) is 28.9 Å². The van der Waals surface area contributed by atoms with Crippen molar-refractivity contribution in [2.75, 3.05) is 10.6 Å². The molecule has 1 aliphatic carbocycles. The summed E-state index contributed by atoms with van der Waals surface area (Å²) in [6, 6.07) is 11.4. The van der Waals surface area contributed by atoms with Gasteiger partial charge in [-0.3, -0.25) is 9.59 Å². The maximum atomic E-state index is 12.5. The molecule has 3 aromatic rings. The number of carbonyl (C=O) groups is 2. The summed E-state index contributed by atoms with van der Waals surface area (Å²) < 4.78 is 5.68. The molecule has 0 saturated heterocycles. The smallest absolute Gasteiger partial charge is 0.228 e. The minimum absolute atomic E-state index is 0.0323. The Kier molecular flexibility index (Phi) is 4.90. The second-order valence-corrected chi connectivity index (χ2v) is 7.68. The van der Waals surface area contributed by atoms with Gasteiger partial charge in [0.2, 0.25) is 11.8 Å². The third-order valence-electron chi connectivity index (χ3n) is 5.18. The molecule has 0 spiro atoms. The molecule has 0 unspecified atom stereocenters. The number of furan rings is 1. The highest BCUT2D eigenvalue weighted by atomic mass is 16.3. The fraction of sp³-hybridized carbons (Fsp3) is 0.304. The summed E-state index contributed by atoms with van der Waals surface area (Å²) in [7, 11) is 0. The molecular weight excluding hydrogens is 352 g/mol. The Hall–Kier alpha value is -3.08. The monoisotopic (exact) mass is 376 g/mol. The average Bonchev–Trinajstić information content (AvgIpc) is 3.28. The number of aryl methyl sites for hydroxylation is 2. The minimum atomic E-state index is -0.0952. The first-order chi connectivity index (χ1) is 13.5. The van der Waals surface area contributed by atoms with Gasteiger partial charge in [-0.2, -0.15) is 0 Å². The van der Waals surface area contributed by atoms with E-state index >= 15 is 0 Å². The zero-order valence-electron chi connectivity index (χ0n) is 16.2. The van der Waals surface area contributed by atoms with Gasteiger partial charge in [0.1, 0.15) is 5.58 Å². The van der Waals surface area contributed by atoms with E-state index in [0.717, 1.165) is 29.4 Å². The molecule has 2 amide bonds. The van der Waals surface area contributed by atoms with Gasteiger partial charge in [0.25, 0.3) is 0 Å². The summed E-state index contributed by atoms with van der Waals surface area (Å²) in [4.78, 5) is 24.2. The maximum Gasteiger partial charge on any atom is 0.228 e. The number of nitrogens with one attached hydrogen (secondary N) is 2. The van der Waals surface area contributed by atoms with Gasteiger partial charge in [0, 0.05) is 28.2 Å². The SMILES string of the molecule is CC(C)C(=O)Nc1ccc(NC(=O)Cc2coc3cc4c(cc23)CCC4)cc1.